The molecular weight excluding hydrogens is 368 g/mol. The van der Waals surface area contributed by atoms with Gasteiger partial charge in [0.1, 0.15) is 11.4 Å². The Morgan fingerprint density at radius 1 is 1.19 bits per heavy atom. The predicted molar refractivity (Wildman–Crippen MR) is 102 cm³/mol. The molecule has 8 heteroatoms. The van der Waals surface area contributed by atoms with Crippen molar-refractivity contribution in [3.63, 3.8) is 0 Å². The maximum Gasteiger partial charge on any atom is 0.269 e. The van der Waals surface area contributed by atoms with Crippen LogP contribution >= 0.6 is 11.6 Å². The number of hydrogen-bond donors (Lipinski definition) is 2. The predicted octanol–water partition coefficient (Wildman–Crippen LogP) is 2.86. The molecule has 0 aliphatic heterocycles. The first-order valence-electron chi connectivity index (χ1n) is 8.22. The Bertz CT molecular complexity index is 996. The minimum Gasteiger partial charge on any atom is -0.494 e. The number of imidazole rings is 1. The van der Waals surface area contributed by atoms with Crippen LogP contribution in [-0.4, -0.2) is 27.8 Å². The lowest BCUT2D eigenvalue weighted by Crippen LogP contribution is -2.40. The average Bonchev–Trinajstić information content (AvgIpc) is 3.00. The zero-order chi connectivity index (χ0) is 19.2. The van der Waals surface area contributed by atoms with Gasteiger partial charge in [0, 0.05) is 17.8 Å². The van der Waals surface area contributed by atoms with Crippen LogP contribution in [0, 0.1) is 0 Å². The van der Waals surface area contributed by atoms with Gasteiger partial charge in [0.2, 0.25) is 0 Å². The van der Waals surface area contributed by atoms with Crippen molar-refractivity contribution in [1.82, 2.24) is 20.2 Å². The SMILES string of the molecule is CCOc1ccc(C(=O)NNC(=O)/C=C/c2c(Cl)nc3ccccn23)cc1. The van der Waals surface area contributed by atoms with Crippen LogP contribution in [0.2, 0.25) is 5.15 Å². The molecule has 0 aliphatic rings. The molecule has 2 heterocycles. The summed E-state index contributed by atoms with van der Waals surface area (Å²) in [6.45, 7) is 2.42. The van der Waals surface area contributed by atoms with Gasteiger partial charge in [0.25, 0.3) is 11.8 Å². The minimum absolute atomic E-state index is 0.281. The third kappa shape index (κ3) is 4.45. The highest BCUT2D eigenvalue weighted by atomic mass is 35.5. The van der Waals surface area contributed by atoms with Crippen LogP contribution in [0.1, 0.15) is 23.0 Å². The van der Waals surface area contributed by atoms with Gasteiger partial charge in [0.15, 0.2) is 5.15 Å². The number of nitrogens with zero attached hydrogens (tertiary/aromatic N) is 2. The largest absolute Gasteiger partial charge is 0.494 e. The minimum atomic E-state index is -0.503. The summed E-state index contributed by atoms with van der Waals surface area (Å²) in [5.74, 6) is -0.269. The maximum atomic E-state index is 12.1. The number of aromatic nitrogens is 2. The molecule has 2 aromatic heterocycles. The molecule has 3 rings (SSSR count). The molecule has 0 aliphatic carbocycles. The summed E-state index contributed by atoms with van der Waals surface area (Å²) in [7, 11) is 0. The Morgan fingerprint density at radius 3 is 2.70 bits per heavy atom. The molecule has 0 spiro atoms. The third-order valence-electron chi connectivity index (χ3n) is 3.64. The monoisotopic (exact) mass is 384 g/mol. The van der Waals surface area contributed by atoms with E-state index in [9.17, 15) is 9.59 Å². The van der Waals surface area contributed by atoms with Crippen molar-refractivity contribution in [3.8, 4) is 5.75 Å². The van der Waals surface area contributed by atoms with Gasteiger partial charge in [0.05, 0.1) is 12.3 Å². The number of hydrogen-bond acceptors (Lipinski definition) is 4. The van der Waals surface area contributed by atoms with E-state index in [1.165, 1.54) is 12.2 Å². The maximum absolute atomic E-state index is 12.1. The number of benzene rings is 1. The quantitative estimate of drug-likeness (QED) is 0.523. The number of nitrogens with one attached hydrogen (secondary N) is 2. The second-order valence-electron chi connectivity index (χ2n) is 5.45. The van der Waals surface area contributed by atoms with Gasteiger partial charge in [-0.2, -0.15) is 0 Å². The van der Waals surface area contributed by atoms with Gasteiger partial charge in [-0.05, 0) is 49.4 Å². The molecule has 0 atom stereocenters. The summed E-state index contributed by atoms with van der Waals surface area (Å²) >= 11 is 6.10. The number of carbonyl (C=O) groups is 2. The van der Waals surface area contributed by atoms with E-state index in [0.29, 0.717) is 29.3 Å². The molecule has 3 aromatic rings. The highest BCUT2D eigenvalue weighted by Crippen LogP contribution is 2.18. The molecule has 0 saturated carbocycles. The summed E-state index contributed by atoms with van der Waals surface area (Å²) in [5.41, 5.74) is 6.31. The van der Waals surface area contributed by atoms with Gasteiger partial charge < -0.3 is 4.74 Å². The van der Waals surface area contributed by atoms with Crippen molar-refractivity contribution >= 4 is 35.1 Å². The Labute approximate surface area is 160 Å². The Balaban J connectivity index is 1.59. The Hall–Kier alpha value is -3.32. The molecule has 0 radical (unpaired) electrons. The topological polar surface area (TPSA) is 84.7 Å². The second-order valence-corrected chi connectivity index (χ2v) is 5.81. The van der Waals surface area contributed by atoms with E-state index in [1.54, 1.807) is 40.9 Å². The van der Waals surface area contributed by atoms with E-state index < -0.39 is 11.8 Å². The standard InChI is InChI=1S/C19H17ClN4O3/c1-2-27-14-8-6-13(7-9-14)19(26)23-22-17(25)11-10-15-18(20)21-16-5-3-4-12-24(15)16/h3-12H,2H2,1H3,(H,22,25)(H,23,26)/b11-10+. The lowest BCUT2D eigenvalue weighted by molar-refractivity contribution is -0.117. The van der Waals surface area contributed by atoms with Crippen molar-refractivity contribution in [1.29, 1.82) is 0 Å². The van der Waals surface area contributed by atoms with Gasteiger partial charge in [-0.15, -0.1) is 0 Å². The number of halogens is 1. The number of pyridine rings is 1. The van der Waals surface area contributed by atoms with Crippen molar-refractivity contribution in [2.24, 2.45) is 0 Å². The number of hydrazine groups is 1. The zero-order valence-electron chi connectivity index (χ0n) is 14.5. The van der Waals surface area contributed by atoms with Crippen molar-refractivity contribution in [2.45, 2.75) is 6.92 Å². The molecule has 27 heavy (non-hydrogen) atoms. The fraction of sp³-hybridized carbons (Fsp3) is 0.105. The molecule has 0 fully saturated rings. The Kier molecular flexibility index (Phi) is 5.73. The normalized spacial score (nSPS) is 10.9. The first kappa shape index (κ1) is 18.5. The van der Waals surface area contributed by atoms with E-state index in [2.05, 4.69) is 15.8 Å². The van der Waals surface area contributed by atoms with Crippen LogP contribution in [0.4, 0.5) is 0 Å². The van der Waals surface area contributed by atoms with Gasteiger partial charge in [-0.3, -0.25) is 24.8 Å². The number of fused-ring (bicyclic) bond motifs is 1. The first-order valence-corrected chi connectivity index (χ1v) is 8.60. The molecule has 0 bridgehead atoms. The van der Waals surface area contributed by atoms with Crippen LogP contribution < -0.4 is 15.6 Å². The highest BCUT2D eigenvalue weighted by Gasteiger charge is 2.09. The molecule has 2 amide bonds. The lowest BCUT2D eigenvalue weighted by Gasteiger charge is -2.07. The van der Waals surface area contributed by atoms with Crippen molar-refractivity contribution < 1.29 is 14.3 Å². The van der Waals surface area contributed by atoms with Crippen LogP contribution in [-0.2, 0) is 4.79 Å². The molecule has 2 N–H and O–H groups in total. The lowest BCUT2D eigenvalue weighted by atomic mass is 10.2. The summed E-state index contributed by atoms with van der Waals surface area (Å²) in [4.78, 5) is 28.2. The van der Waals surface area contributed by atoms with Gasteiger partial charge in [-0.1, -0.05) is 17.7 Å². The molecular formula is C19H17ClN4O3. The fourth-order valence-electron chi connectivity index (χ4n) is 2.39. The van der Waals surface area contributed by atoms with E-state index in [0.717, 1.165) is 0 Å². The molecule has 0 saturated heterocycles. The molecule has 0 unspecified atom stereocenters. The van der Waals surface area contributed by atoms with Crippen molar-refractivity contribution in [3.05, 3.63) is 71.1 Å². The smallest absolute Gasteiger partial charge is 0.269 e. The highest BCUT2D eigenvalue weighted by molar-refractivity contribution is 6.31. The Morgan fingerprint density at radius 2 is 1.96 bits per heavy atom. The fourth-order valence-corrected chi connectivity index (χ4v) is 2.63. The number of amides is 2. The average molecular weight is 385 g/mol. The van der Waals surface area contributed by atoms with Crippen LogP contribution in [0.5, 0.6) is 5.75 Å². The van der Waals surface area contributed by atoms with E-state index in [-0.39, 0.29) is 5.15 Å². The summed E-state index contributed by atoms with van der Waals surface area (Å²) in [6, 6.07) is 12.1. The molecule has 1 aromatic carbocycles. The van der Waals surface area contributed by atoms with Crippen LogP contribution in [0.25, 0.3) is 11.7 Å². The first-order chi connectivity index (χ1) is 13.1. The van der Waals surface area contributed by atoms with Crippen molar-refractivity contribution in [2.75, 3.05) is 6.61 Å². The second kappa shape index (κ2) is 8.37. The molecule has 138 valence electrons. The van der Waals surface area contributed by atoms with Crippen LogP contribution in [0.15, 0.2) is 54.7 Å². The summed E-state index contributed by atoms with van der Waals surface area (Å²) < 4.78 is 7.07. The zero-order valence-corrected chi connectivity index (χ0v) is 15.2. The van der Waals surface area contributed by atoms with Gasteiger partial charge in [-0.25, -0.2) is 4.98 Å². The van der Waals surface area contributed by atoms with E-state index in [1.807, 2.05) is 19.1 Å². The number of rotatable bonds is 5. The molecule has 7 nitrogen and oxygen atoms in total. The van der Waals surface area contributed by atoms with Gasteiger partial charge >= 0.3 is 0 Å². The number of ether oxygens (including phenoxy) is 1. The van der Waals surface area contributed by atoms with E-state index in [4.69, 9.17) is 16.3 Å². The number of carbonyl (C=O) groups excluding carboxylic acids is 2. The summed E-state index contributed by atoms with van der Waals surface area (Å²) in [5, 5.41) is 0.281. The third-order valence-corrected chi connectivity index (χ3v) is 3.92. The van der Waals surface area contributed by atoms with Crippen LogP contribution in [0.3, 0.4) is 0 Å². The summed E-state index contributed by atoms with van der Waals surface area (Å²) in [6.07, 6.45) is 4.58. The van der Waals surface area contributed by atoms with E-state index >= 15 is 0 Å².